The van der Waals surface area contributed by atoms with Crippen LogP contribution in [0.4, 0.5) is 0 Å². The van der Waals surface area contributed by atoms with Gasteiger partial charge in [0.05, 0.1) is 17.7 Å². The Labute approximate surface area is 138 Å². The van der Waals surface area contributed by atoms with E-state index in [0.29, 0.717) is 24.7 Å². The molecule has 1 aromatic heterocycles. The van der Waals surface area contributed by atoms with Gasteiger partial charge in [-0.05, 0) is 62.5 Å². The molecule has 0 atom stereocenters. The van der Waals surface area contributed by atoms with E-state index in [2.05, 4.69) is 31.9 Å². The summed E-state index contributed by atoms with van der Waals surface area (Å²) in [6.45, 7) is 2.91. The summed E-state index contributed by atoms with van der Waals surface area (Å²) in [4.78, 5) is 1.12. The maximum atomic E-state index is 9.24. The molecule has 0 fully saturated rings. The average molecular weight is 422 g/mol. The van der Waals surface area contributed by atoms with Gasteiger partial charge in [0, 0.05) is 14.7 Å². The molecule has 1 aromatic carbocycles. The third-order valence-corrected chi connectivity index (χ3v) is 4.79. The second kappa shape index (κ2) is 7.45. The first-order valence-electron chi connectivity index (χ1n) is 6.05. The van der Waals surface area contributed by atoms with Crippen molar-refractivity contribution in [1.82, 2.24) is 0 Å². The van der Waals surface area contributed by atoms with Crippen molar-refractivity contribution in [2.75, 3.05) is 6.61 Å². The van der Waals surface area contributed by atoms with E-state index in [1.165, 1.54) is 0 Å². The minimum Gasteiger partial charge on any atom is -0.490 e. The predicted octanol–water partition coefficient (Wildman–Crippen LogP) is 4.74. The Morgan fingerprint density at radius 3 is 2.60 bits per heavy atom. The van der Waals surface area contributed by atoms with Crippen LogP contribution in [0.2, 0.25) is 0 Å². The van der Waals surface area contributed by atoms with E-state index in [-0.39, 0.29) is 6.61 Å². The summed E-state index contributed by atoms with van der Waals surface area (Å²) in [5.41, 5.74) is 0.784. The fourth-order valence-corrected chi connectivity index (χ4v) is 3.65. The lowest BCUT2D eigenvalue weighted by Gasteiger charge is -2.14. The molecule has 6 heteroatoms. The molecule has 1 heterocycles. The molecule has 0 radical (unpaired) electrons. The normalized spacial score (nSPS) is 10.6. The summed E-state index contributed by atoms with van der Waals surface area (Å²) < 4.78 is 13.3. The van der Waals surface area contributed by atoms with Gasteiger partial charge in [0.1, 0.15) is 6.61 Å². The number of thiophene rings is 1. The van der Waals surface area contributed by atoms with E-state index in [4.69, 9.17) is 9.47 Å². The van der Waals surface area contributed by atoms with Gasteiger partial charge in [0.15, 0.2) is 11.5 Å². The quantitative estimate of drug-likeness (QED) is 0.731. The standard InChI is InChI=1S/C14H14Br2O3S/c1-2-18-13-4-9(6-17)3-12(16)14(13)19-7-11-5-10(15)8-20-11/h3-5,8,17H,2,6-7H2,1H3. The zero-order valence-electron chi connectivity index (χ0n) is 10.9. The van der Waals surface area contributed by atoms with Gasteiger partial charge < -0.3 is 14.6 Å². The number of benzene rings is 1. The van der Waals surface area contributed by atoms with Crippen LogP contribution in [0.25, 0.3) is 0 Å². The lowest BCUT2D eigenvalue weighted by atomic mass is 10.2. The van der Waals surface area contributed by atoms with Crippen LogP contribution >= 0.6 is 43.2 Å². The summed E-state index contributed by atoms with van der Waals surface area (Å²) in [6, 6.07) is 5.66. The van der Waals surface area contributed by atoms with Crippen LogP contribution < -0.4 is 9.47 Å². The molecule has 0 aliphatic carbocycles. The van der Waals surface area contributed by atoms with Gasteiger partial charge in [0.25, 0.3) is 0 Å². The molecule has 3 nitrogen and oxygen atoms in total. The zero-order valence-corrected chi connectivity index (χ0v) is 14.8. The van der Waals surface area contributed by atoms with E-state index in [1.54, 1.807) is 17.4 Å². The smallest absolute Gasteiger partial charge is 0.175 e. The highest BCUT2D eigenvalue weighted by Gasteiger charge is 2.12. The monoisotopic (exact) mass is 420 g/mol. The largest absolute Gasteiger partial charge is 0.490 e. The second-order valence-corrected chi connectivity index (χ2v) is 6.78. The second-order valence-electron chi connectivity index (χ2n) is 4.02. The Morgan fingerprint density at radius 1 is 1.20 bits per heavy atom. The molecular weight excluding hydrogens is 408 g/mol. The van der Waals surface area contributed by atoms with Crippen molar-refractivity contribution in [3.63, 3.8) is 0 Å². The van der Waals surface area contributed by atoms with Gasteiger partial charge in [-0.25, -0.2) is 0 Å². The first kappa shape index (κ1) is 15.8. The molecule has 1 N–H and O–H groups in total. The minimum atomic E-state index is -0.0309. The van der Waals surface area contributed by atoms with Crippen LogP contribution in [0.5, 0.6) is 11.5 Å². The van der Waals surface area contributed by atoms with Gasteiger partial charge >= 0.3 is 0 Å². The number of aliphatic hydroxyl groups excluding tert-OH is 1. The van der Waals surface area contributed by atoms with Gasteiger partial charge in [-0.3, -0.25) is 0 Å². The zero-order chi connectivity index (χ0) is 14.5. The Hall–Kier alpha value is -0.560. The molecule has 0 bridgehead atoms. The van der Waals surface area contributed by atoms with Crippen LogP contribution in [0.3, 0.4) is 0 Å². The minimum absolute atomic E-state index is 0.0309. The third-order valence-electron chi connectivity index (χ3n) is 2.53. The molecule has 108 valence electrons. The summed E-state index contributed by atoms with van der Waals surface area (Å²) in [5.74, 6) is 1.30. The van der Waals surface area contributed by atoms with E-state index in [1.807, 2.05) is 24.4 Å². The first-order valence-corrected chi connectivity index (χ1v) is 8.52. The molecule has 20 heavy (non-hydrogen) atoms. The highest BCUT2D eigenvalue weighted by atomic mass is 79.9. The van der Waals surface area contributed by atoms with Crippen LogP contribution in [-0.4, -0.2) is 11.7 Å². The van der Waals surface area contributed by atoms with E-state index < -0.39 is 0 Å². The van der Waals surface area contributed by atoms with E-state index in [0.717, 1.165) is 19.4 Å². The van der Waals surface area contributed by atoms with Gasteiger partial charge in [-0.1, -0.05) is 0 Å². The number of aliphatic hydroxyl groups is 1. The van der Waals surface area contributed by atoms with Gasteiger partial charge in [-0.15, -0.1) is 11.3 Å². The van der Waals surface area contributed by atoms with Crippen molar-refractivity contribution in [1.29, 1.82) is 0 Å². The van der Waals surface area contributed by atoms with Crippen molar-refractivity contribution in [3.8, 4) is 11.5 Å². The number of ether oxygens (including phenoxy) is 2. The van der Waals surface area contributed by atoms with Crippen LogP contribution in [0.1, 0.15) is 17.4 Å². The fourth-order valence-electron chi connectivity index (χ4n) is 1.69. The predicted molar refractivity (Wildman–Crippen MR) is 87.6 cm³/mol. The molecule has 0 spiro atoms. The van der Waals surface area contributed by atoms with Gasteiger partial charge in [0.2, 0.25) is 0 Å². The molecule has 2 aromatic rings. The Kier molecular flexibility index (Phi) is 5.89. The molecule has 0 aliphatic rings. The number of hydrogen-bond donors (Lipinski definition) is 1. The molecule has 0 amide bonds. The molecule has 2 rings (SSSR count). The maximum absolute atomic E-state index is 9.24. The third kappa shape index (κ3) is 3.97. The van der Waals surface area contributed by atoms with Crippen molar-refractivity contribution in [2.45, 2.75) is 20.1 Å². The van der Waals surface area contributed by atoms with Crippen molar-refractivity contribution in [2.24, 2.45) is 0 Å². The molecular formula is C14H14Br2O3S. The van der Waals surface area contributed by atoms with Gasteiger partial charge in [-0.2, -0.15) is 0 Å². The fraction of sp³-hybridized carbons (Fsp3) is 0.286. The SMILES string of the molecule is CCOc1cc(CO)cc(Br)c1OCc1cc(Br)cs1. The lowest BCUT2D eigenvalue weighted by molar-refractivity contribution is 0.263. The Bertz CT molecular complexity index is 584. The molecule has 0 saturated carbocycles. The lowest BCUT2D eigenvalue weighted by Crippen LogP contribution is -2.00. The first-order chi connectivity index (χ1) is 9.63. The topological polar surface area (TPSA) is 38.7 Å². The Morgan fingerprint density at radius 2 is 2.00 bits per heavy atom. The van der Waals surface area contributed by atoms with Crippen molar-refractivity contribution < 1.29 is 14.6 Å². The molecule has 0 unspecified atom stereocenters. The van der Waals surface area contributed by atoms with E-state index in [9.17, 15) is 5.11 Å². The summed E-state index contributed by atoms with van der Waals surface area (Å²) in [6.07, 6.45) is 0. The number of halogens is 2. The highest BCUT2D eigenvalue weighted by Crippen LogP contribution is 2.37. The number of hydrogen-bond acceptors (Lipinski definition) is 4. The summed E-state index contributed by atoms with van der Waals surface area (Å²) in [7, 11) is 0. The average Bonchev–Trinajstić information content (AvgIpc) is 2.83. The van der Waals surface area contributed by atoms with Crippen molar-refractivity contribution >= 4 is 43.2 Å². The summed E-state index contributed by atoms with van der Waals surface area (Å²) in [5, 5.41) is 11.3. The molecule has 0 aliphatic heterocycles. The number of rotatable bonds is 6. The molecule has 0 saturated heterocycles. The van der Waals surface area contributed by atoms with Crippen LogP contribution in [-0.2, 0) is 13.2 Å². The highest BCUT2D eigenvalue weighted by molar-refractivity contribution is 9.10. The van der Waals surface area contributed by atoms with Crippen molar-refractivity contribution in [3.05, 3.63) is 43.0 Å². The maximum Gasteiger partial charge on any atom is 0.175 e. The Balaban J connectivity index is 2.20. The van der Waals surface area contributed by atoms with Crippen LogP contribution in [0.15, 0.2) is 32.5 Å². The van der Waals surface area contributed by atoms with Crippen LogP contribution in [0, 0.1) is 0 Å². The summed E-state index contributed by atoms with van der Waals surface area (Å²) >= 11 is 8.52. The van der Waals surface area contributed by atoms with E-state index >= 15 is 0 Å².